The van der Waals surface area contributed by atoms with Gasteiger partial charge in [-0.1, -0.05) is 19.1 Å². The molecule has 1 aromatic heterocycles. The summed E-state index contributed by atoms with van der Waals surface area (Å²) >= 11 is 0. The number of aliphatic hydroxyl groups is 1. The van der Waals surface area contributed by atoms with E-state index in [0.717, 1.165) is 11.0 Å². The molecular formula is C20H23N3O4. The van der Waals surface area contributed by atoms with Crippen molar-refractivity contribution in [3.05, 3.63) is 42.6 Å². The van der Waals surface area contributed by atoms with Crippen molar-refractivity contribution in [1.82, 2.24) is 9.97 Å². The molecule has 3 aromatic rings. The summed E-state index contributed by atoms with van der Waals surface area (Å²) in [5, 5.41) is 12.5. The van der Waals surface area contributed by atoms with E-state index in [9.17, 15) is 5.11 Å². The van der Waals surface area contributed by atoms with E-state index in [1.54, 1.807) is 32.5 Å². The van der Waals surface area contributed by atoms with E-state index in [4.69, 9.17) is 14.2 Å². The number of fused-ring (bicyclic) bond motifs is 1. The molecule has 3 rings (SSSR count). The minimum Gasteiger partial charge on any atom is -0.497 e. The fourth-order valence-corrected chi connectivity index (χ4v) is 2.52. The standard InChI is InChI=1S/C20H23N3O4/c1-13(11-24)12-27-20-17(8-14(25-2)9-18(20)26-3)23-19-10-21-15-6-4-5-7-16(15)22-19/h4-10,13,24H,11-12H2,1-3H3,(H,22,23). The monoisotopic (exact) mass is 369 g/mol. The van der Waals surface area contributed by atoms with Crippen LogP contribution >= 0.6 is 0 Å². The number of para-hydroxylation sites is 2. The highest BCUT2D eigenvalue weighted by Gasteiger charge is 2.16. The Hall–Kier alpha value is -3.06. The van der Waals surface area contributed by atoms with Gasteiger partial charge in [0.25, 0.3) is 0 Å². The molecule has 1 heterocycles. The Morgan fingerprint density at radius 1 is 1.11 bits per heavy atom. The number of ether oxygens (including phenoxy) is 3. The number of hydrogen-bond donors (Lipinski definition) is 2. The SMILES string of the molecule is COc1cc(Nc2cnc3ccccc3n2)c(OCC(C)CO)c(OC)c1. The average molecular weight is 369 g/mol. The number of rotatable bonds is 8. The maximum Gasteiger partial charge on any atom is 0.184 e. The van der Waals surface area contributed by atoms with Crippen LogP contribution in [0.2, 0.25) is 0 Å². The molecule has 0 aliphatic carbocycles. The lowest BCUT2D eigenvalue weighted by Gasteiger charge is -2.19. The van der Waals surface area contributed by atoms with Gasteiger partial charge in [-0.15, -0.1) is 0 Å². The molecule has 2 aromatic carbocycles. The summed E-state index contributed by atoms with van der Waals surface area (Å²) in [5.41, 5.74) is 2.24. The molecular weight excluding hydrogens is 346 g/mol. The second kappa shape index (κ2) is 8.55. The maximum absolute atomic E-state index is 9.26. The van der Waals surface area contributed by atoms with Crippen LogP contribution in [-0.4, -0.2) is 42.5 Å². The fourth-order valence-electron chi connectivity index (χ4n) is 2.52. The van der Waals surface area contributed by atoms with Gasteiger partial charge >= 0.3 is 0 Å². The van der Waals surface area contributed by atoms with Crippen molar-refractivity contribution in [2.24, 2.45) is 5.92 Å². The van der Waals surface area contributed by atoms with E-state index in [2.05, 4.69) is 15.3 Å². The van der Waals surface area contributed by atoms with E-state index in [1.165, 1.54) is 0 Å². The molecule has 0 radical (unpaired) electrons. The van der Waals surface area contributed by atoms with Crippen LogP contribution in [0.1, 0.15) is 6.92 Å². The Morgan fingerprint density at radius 2 is 1.89 bits per heavy atom. The lowest BCUT2D eigenvalue weighted by molar-refractivity contribution is 0.171. The summed E-state index contributed by atoms with van der Waals surface area (Å²) < 4.78 is 16.7. The van der Waals surface area contributed by atoms with Crippen molar-refractivity contribution in [3.63, 3.8) is 0 Å². The number of benzene rings is 2. The molecule has 142 valence electrons. The highest BCUT2D eigenvalue weighted by Crippen LogP contribution is 2.41. The van der Waals surface area contributed by atoms with E-state index >= 15 is 0 Å². The number of anilines is 2. The van der Waals surface area contributed by atoms with E-state index in [0.29, 0.717) is 35.4 Å². The predicted molar refractivity (Wildman–Crippen MR) is 104 cm³/mol. The first kappa shape index (κ1) is 18.7. The topological polar surface area (TPSA) is 85.7 Å². The Bertz CT molecular complexity index is 917. The van der Waals surface area contributed by atoms with Gasteiger partial charge in [-0.3, -0.25) is 4.98 Å². The maximum atomic E-state index is 9.26. The largest absolute Gasteiger partial charge is 0.497 e. The molecule has 0 aliphatic rings. The first-order valence-corrected chi connectivity index (χ1v) is 8.63. The number of aromatic nitrogens is 2. The van der Waals surface area contributed by atoms with E-state index < -0.39 is 0 Å². The van der Waals surface area contributed by atoms with Crippen LogP contribution in [0.25, 0.3) is 11.0 Å². The van der Waals surface area contributed by atoms with Crippen LogP contribution in [0, 0.1) is 5.92 Å². The molecule has 1 atom stereocenters. The third-order valence-corrected chi connectivity index (χ3v) is 4.02. The fraction of sp³-hybridized carbons (Fsp3) is 0.300. The van der Waals surface area contributed by atoms with Crippen molar-refractivity contribution < 1.29 is 19.3 Å². The number of nitrogens with one attached hydrogen (secondary N) is 1. The van der Waals surface area contributed by atoms with Crippen molar-refractivity contribution in [2.45, 2.75) is 6.92 Å². The first-order valence-electron chi connectivity index (χ1n) is 8.63. The van der Waals surface area contributed by atoms with Gasteiger partial charge in [-0.25, -0.2) is 4.98 Å². The van der Waals surface area contributed by atoms with E-state index in [1.807, 2.05) is 31.2 Å². The quantitative estimate of drug-likeness (QED) is 0.629. The van der Waals surface area contributed by atoms with E-state index in [-0.39, 0.29) is 12.5 Å². The smallest absolute Gasteiger partial charge is 0.184 e. The van der Waals surface area contributed by atoms with Crippen LogP contribution in [0.5, 0.6) is 17.2 Å². The van der Waals surface area contributed by atoms with Crippen LogP contribution in [0.3, 0.4) is 0 Å². The summed E-state index contributed by atoms with van der Waals surface area (Å²) in [6.07, 6.45) is 1.66. The van der Waals surface area contributed by atoms with Gasteiger partial charge in [0, 0.05) is 24.7 Å². The highest BCUT2D eigenvalue weighted by atomic mass is 16.5. The van der Waals surface area contributed by atoms with Gasteiger partial charge in [0.15, 0.2) is 11.5 Å². The molecule has 2 N–H and O–H groups in total. The molecule has 0 fully saturated rings. The number of methoxy groups -OCH3 is 2. The third kappa shape index (κ3) is 4.38. The first-order chi connectivity index (χ1) is 13.1. The number of nitrogens with zero attached hydrogens (tertiary/aromatic N) is 2. The van der Waals surface area contributed by atoms with Gasteiger partial charge in [-0.2, -0.15) is 0 Å². The molecule has 7 nitrogen and oxygen atoms in total. The van der Waals surface area contributed by atoms with Gasteiger partial charge in [0.1, 0.15) is 11.6 Å². The Kier molecular flexibility index (Phi) is 5.93. The van der Waals surface area contributed by atoms with Crippen molar-refractivity contribution in [1.29, 1.82) is 0 Å². The number of aliphatic hydroxyl groups excluding tert-OH is 1. The molecule has 0 aliphatic heterocycles. The highest BCUT2D eigenvalue weighted by molar-refractivity contribution is 5.77. The third-order valence-electron chi connectivity index (χ3n) is 4.02. The van der Waals surface area contributed by atoms with Crippen molar-refractivity contribution in [2.75, 3.05) is 32.8 Å². The minimum atomic E-state index is -0.00915. The van der Waals surface area contributed by atoms with Gasteiger partial charge in [-0.05, 0) is 12.1 Å². The predicted octanol–water partition coefficient (Wildman–Crippen LogP) is 3.40. The Balaban J connectivity index is 1.97. The summed E-state index contributed by atoms with van der Waals surface area (Å²) in [6.45, 7) is 2.28. The lowest BCUT2D eigenvalue weighted by Crippen LogP contribution is -2.13. The Morgan fingerprint density at radius 3 is 2.59 bits per heavy atom. The summed E-state index contributed by atoms with van der Waals surface area (Å²) in [5.74, 6) is 2.23. The zero-order valence-corrected chi connectivity index (χ0v) is 15.6. The molecule has 0 amide bonds. The molecule has 0 saturated heterocycles. The second-order valence-electron chi connectivity index (χ2n) is 6.17. The Labute approximate surface area is 157 Å². The molecule has 0 bridgehead atoms. The summed E-state index contributed by atoms with van der Waals surface area (Å²) in [6, 6.07) is 11.2. The van der Waals surface area contributed by atoms with Crippen LogP contribution in [-0.2, 0) is 0 Å². The van der Waals surface area contributed by atoms with Gasteiger partial charge in [0.2, 0.25) is 0 Å². The van der Waals surface area contributed by atoms with Crippen LogP contribution in [0.4, 0.5) is 11.5 Å². The normalized spacial score (nSPS) is 11.9. The number of hydrogen-bond acceptors (Lipinski definition) is 7. The zero-order valence-electron chi connectivity index (χ0n) is 15.6. The average Bonchev–Trinajstić information content (AvgIpc) is 2.71. The second-order valence-corrected chi connectivity index (χ2v) is 6.17. The van der Waals surface area contributed by atoms with Gasteiger partial charge in [0.05, 0.1) is 43.7 Å². The molecule has 1 unspecified atom stereocenters. The van der Waals surface area contributed by atoms with Crippen LogP contribution < -0.4 is 19.5 Å². The minimum absolute atomic E-state index is 0.00915. The molecule has 0 spiro atoms. The molecule has 0 saturated carbocycles. The lowest BCUT2D eigenvalue weighted by atomic mass is 10.2. The summed E-state index contributed by atoms with van der Waals surface area (Å²) in [7, 11) is 3.15. The van der Waals surface area contributed by atoms with Crippen molar-refractivity contribution >= 4 is 22.5 Å². The van der Waals surface area contributed by atoms with Crippen LogP contribution in [0.15, 0.2) is 42.6 Å². The van der Waals surface area contributed by atoms with Gasteiger partial charge < -0.3 is 24.6 Å². The zero-order chi connectivity index (χ0) is 19.2. The van der Waals surface area contributed by atoms with Crippen molar-refractivity contribution in [3.8, 4) is 17.2 Å². The molecule has 27 heavy (non-hydrogen) atoms. The molecule has 7 heteroatoms. The summed E-state index contributed by atoms with van der Waals surface area (Å²) in [4.78, 5) is 9.00.